The highest BCUT2D eigenvalue weighted by Gasteiger charge is 2.27. The molecule has 0 bridgehead atoms. The van der Waals surface area contributed by atoms with Gasteiger partial charge >= 0.3 is 6.18 Å². The average molecular weight is 370 g/mol. The van der Waals surface area contributed by atoms with Crippen molar-refractivity contribution >= 4 is 15.9 Å². The van der Waals surface area contributed by atoms with Gasteiger partial charge in [-0.25, -0.2) is 0 Å². The Balaban J connectivity index is 2.36. The van der Waals surface area contributed by atoms with Crippen molar-refractivity contribution in [3.8, 4) is 5.75 Å². The van der Waals surface area contributed by atoms with Gasteiger partial charge in [-0.05, 0) is 36.7 Å². The Hall–Kier alpha value is -0.790. The Morgan fingerprint density at radius 2 is 2.00 bits per heavy atom. The third-order valence-electron chi connectivity index (χ3n) is 2.52. The van der Waals surface area contributed by atoms with Crippen LogP contribution in [0.4, 0.5) is 13.2 Å². The molecule has 21 heavy (non-hydrogen) atoms. The first kappa shape index (κ1) is 18.3. The Labute approximate surface area is 130 Å². The van der Waals surface area contributed by atoms with Crippen LogP contribution in [0.25, 0.3) is 0 Å². The van der Waals surface area contributed by atoms with Crippen LogP contribution in [0, 0.1) is 0 Å². The van der Waals surface area contributed by atoms with Gasteiger partial charge in [-0.15, -0.1) is 0 Å². The molecule has 0 aliphatic carbocycles. The van der Waals surface area contributed by atoms with E-state index in [0.29, 0.717) is 12.3 Å². The Bertz CT molecular complexity index is 427. The number of halogens is 4. The predicted molar refractivity (Wildman–Crippen MR) is 78.5 cm³/mol. The van der Waals surface area contributed by atoms with Crippen LogP contribution < -0.4 is 10.1 Å². The quantitative estimate of drug-likeness (QED) is 0.669. The zero-order valence-electron chi connectivity index (χ0n) is 11.8. The number of hydrogen-bond acceptors (Lipinski definition) is 3. The van der Waals surface area contributed by atoms with Crippen LogP contribution in [-0.4, -0.2) is 32.5 Å². The highest BCUT2D eigenvalue weighted by Crippen LogP contribution is 2.22. The summed E-state index contributed by atoms with van der Waals surface area (Å²) in [6, 6.07) is 5.47. The summed E-state index contributed by atoms with van der Waals surface area (Å²) < 4.78 is 46.4. The average Bonchev–Trinajstić information content (AvgIpc) is 2.40. The summed E-state index contributed by atoms with van der Waals surface area (Å²) in [6.45, 7) is 2.45. The van der Waals surface area contributed by atoms with Gasteiger partial charge in [-0.2, -0.15) is 13.2 Å². The van der Waals surface area contributed by atoms with Gasteiger partial charge in [-0.1, -0.05) is 22.9 Å². The number of nitrogens with one attached hydrogen (secondary N) is 1. The van der Waals surface area contributed by atoms with Crippen LogP contribution in [0.2, 0.25) is 0 Å². The van der Waals surface area contributed by atoms with Gasteiger partial charge in [0.2, 0.25) is 0 Å². The fourth-order valence-corrected chi connectivity index (χ4v) is 1.97. The normalized spacial score (nSPS) is 11.7. The van der Waals surface area contributed by atoms with Gasteiger partial charge in [0.1, 0.15) is 19.0 Å². The van der Waals surface area contributed by atoms with E-state index in [9.17, 15) is 13.2 Å². The number of alkyl halides is 3. The van der Waals surface area contributed by atoms with Crippen LogP contribution >= 0.6 is 15.9 Å². The fraction of sp³-hybridized carbons (Fsp3) is 0.571. The van der Waals surface area contributed by atoms with Crippen molar-refractivity contribution in [2.75, 3.05) is 26.4 Å². The van der Waals surface area contributed by atoms with Crippen LogP contribution in [-0.2, 0) is 11.3 Å². The maximum absolute atomic E-state index is 11.9. The summed E-state index contributed by atoms with van der Waals surface area (Å²) >= 11 is 3.45. The van der Waals surface area contributed by atoms with Gasteiger partial charge < -0.3 is 14.8 Å². The molecule has 0 heterocycles. The van der Waals surface area contributed by atoms with E-state index >= 15 is 0 Å². The molecule has 3 nitrogen and oxygen atoms in total. The molecule has 0 fully saturated rings. The van der Waals surface area contributed by atoms with Crippen molar-refractivity contribution in [1.29, 1.82) is 0 Å². The lowest BCUT2D eigenvalue weighted by Crippen LogP contribution is -2.19. The molecule has 7 heteroatoms. The minimum Gasteiger partial charge on any atom is -0.491 e. The number of hydrogen-bond donors (Lipinski definition) is 1. The van der Waals surface area contributed by atoms with Crippen molar-refractivity contribution in [3.05, 3.63) is 28.2 Å². The van der Waals surface area contributed by atoms with Crippen LogP contribution in [0.15, 0.2) is 22.7 Å². The van der Waals surface area contributed by atoms with E-state index in [-0.39, 0.29) is 13.2 Å². The third-order valence-corrected chi connectivity index (χ3v) is 3.30. The zero-order valence-corrected chi connectivity index (χ0v) is 13.4. The molecule has 1 rings (SSSR count). The summed E-state index contributed by atoms with van der Waals surface area (Å²) in [5.74, 6) is 0.613. The minimum atomic E-state index is -4.30. The first-order valence-corrected chi connectivity index (χ1v) is 7.48. The van der Waals surface area contributed by atoms with Gasteiger partial charge in [0.25, 0.3) is 0 Å². The second-order valence-electron chi connectivity index (χ2n) is 4.45. The van der Waals surface area contributed by atoms with E-state index in [1.807, 2.05) is 12.1 Å². The lowest BCUT2D eigenvalue weighted by molar-refractivity contribution is -0.175. The summed E-state index contributed by atoms with van der Waals surface area (Å²) in [5.41, 5.74) is 1.04. The zero-order chi connectivity index (χ0) is 15.7. The number of benzene rings is 1. The maximum Gasteiger partial charge on any atom is 0.411 e. The van der Waals surface area contributed by atoms with Gasteiger partial charge in [0.15, 0.2) is 0 Å². The van der Waals surface area contributed by atoms with Crippen molar-refractivity contribution in [2.24, 2.45) is 0 Å². The summed E-state index contributed by atoms with van der Waals surface area (Å²) in [7, 11) is 0. The maximum atomic E-state index is 11.9. The topological polar surface area (TPSA) is 30.5 Å². The highest BCUT2D eigenvalue weighted by molar-refractivity contribution is 9.10. The summed E-state index contributed by atoms with van der Waals surface area (Å²) in [4.78, 5) is 0. The Kier molecular flexibility index (Phi) is 8.06. The molecule has 1 aromatic carbocycles. The molecule has 0 spiro atoms. The standard InChI is InChI=1S/C14H19BrF3NO2/c1-2-5-19-9-11-8-12(3-4-13(11)15)21-7-6-20-10-14(16,17)18/h3-4,8,19H,2,5-7,9-10H2,1H3. The fourth-order valence-electron chi connectivity index (χ4n) is 1.58. The lowest BCUT2D eigenvalue weighted by Gasteiger charge is -2.11. The van der Waals surface area contributed by atoms with E-state index in [0.717, 1.165) is 23.0 Å². The van der Waals surface area contributed by atoms with E-state index in [1.54, 1.807) is 6.07 Å². The lowest BCUT2D eigenvalue weighted by atomic mass is 10.2. The molecule has 0 saturated carbocycles. The molecule has 1 N–H and O–H groups in total. The predicted octanol–water partition coefficient (Wildman–Crippen LogP) is 3.91. The van der Waals surface area contributed by atoms with Crippen LogP contribution in [0.1, 0.15) is 18.9 Å². The van der Waals surface area contributed by atoms with Crippen molar-refractivity contribution in [3.63, 3.8) is 0 Å². The number of rotatable bonds is 9. The highest BCUT2D eigenvalue weighted by atomic mass is 79.9. The van der Waals surface area contributed by atoms with E-state index < -0.39 is 12.8 Å². The molecule has 0 aliphatic rings. The minimum absolute atomic E-state index is 0.0829. The first-order valence-electron chi connectivity index (χ1n) is 6.69. The molecule has 0 radical (unpaired) electrons. The largest absolute Gasteiger partial charge is 0.491 e. The van der Waals surface area contributed by atoms with Crippen molar-refractivity contribution < 1.29 is 22.6 Å². The van der Waals surface area contributed by atoms with E-state index in [4.69, 9.17) is 4.74 Å². The third kappa shape index (κ3) is 8.28. The Morgan fingerprint density at radius 1 is 1.24 bits per heavy atom. The molecule has 0 aromatic heterocycles. The second-order valence-corrected chi connectivity index (χ2v) is 5.30. The van der Waals surface area contributed by atoms with Crippen molar-refractivity contribution in [1.82, 2.24) is 5.32 Å². The molecule has 0 atom stereocenters. The molecular weight excluding hydrogens is 351 g/mol. The van der Waals surface area contributed by atoms with E-state index in [2.05, 4.69) is 32.9 Å². The van der Waals surface area contributed by atoms with Gasteiger partial charge in [0.05, 0.1) is 6.61 Å². The molecule has 0 saturated heterocycles. The summed E-state index contributed by atoms with van der Waals surface area (Å²) in [5, 5.41) is 3.28. The Morgan fingerprint density at radius 3 is 2.67 bits per heavy atom. The second kappa shape index (κ2) is 9.27. The molecule has 0 amide bonds. The molecule has 0 unspecified atom stereocenters. The molecule has 1 aromatic rings. The first-order chi connectivity index (χ1) is 9.92. The monoisotopic (exact) mass is 369 g/mol. The SMILES string of the molecule is CCCNCc1cc(OCCOCC(F)(F)F)ccc1Br. The van der Waals surface area contributed by atoms with Crippen LogP contribution in [0.5, 0.6) is 5.75 Å². The molecule has 120 valence electrons. The van der Waals surface area contributed by atoms with Gasteiger partial charge in [0, 0.05) is 11.0 Å². The smallest absolute Gasteiger partial charge is 0.411 e. The van der Waals surface area contributed by atoms with Crippen LogP contribution in [0.3, 0.4) is 0 Å². The molecule has 0 aliphatic heterocycles. The molecular formula is C14H19BrF3NO2. The van der Waals surface area contributed by atoms with E-state index in [1.165, 1.54) is 0 Å². The van der Waals surface area contributed by atoms with Gasteiger partial charge in [-0.3, -0.25) is 0 Å². The number of ether oxygens (including phenoxy) is 2. The summed E-state index contributed by atoms with van der Waals surface area (Å²) in [6.07, 6.45) is -3.25. The van der Waals surface area contributed by atoms with Crippen molar-refractivity contribution in [2.45, 2.75) is 26.1 Å².